The Balaban J connectivity index is 1.60. The molecule has 29 heavy (non-hydrogen) atoms. The van der Waals surface area contributed by atoms with Gasteiger partial charge in [0.05, 0.1) is 6.04 Å². The molecule has 2 aromatic rings. The van der Waals surface area contributed by atoms with Crippen LogP contribution in [-0.2, 0) is 0 Å². The molecule has 1 aliphatic carbocycles. The average molecular weight is 394 g/mol. The number of anilines is 1. The second kappa shape index (κ2) is 9.59. The molecule has 5 nitrogen and oxygen atoms in total. The molecule has 0 spiro atoms. The minimum atomic E-state index is -0.153. The van der Waals surface area contributed by atoms with E-state index < -0.39 is 0 Å². The number of urea groups is 1. The van der Waals surface area contributed by atoms with Gasteiger partial charge in [0.15, 0.2) is 0 Å². The van der Waals surface area contributed by atoms with Crippen molar-refractivity contribution >= 4 is 17.6 Å². The van der Waals surface area contributed by atoms with Crippen LogP contribution in [0.25, 0.3) is 0 Å². The van der Waals surface area contributed by atoms with E-state index in [1.54, 1.807) is 12.1 Å². The molecular formula is C24H31N3O2. The summed E-state index contributed by atoms with van der Waals surface area (Å²) in [6.07, 6.45) is 4.58. The molecule has 0 aromatic heterocycles. The molecular weight excluding hydrogens is 362 g/mol. The van der Waals surface area contributed by atoms with E-state index in [0.717, 1.165) is 18.4 Å². The molecule has 3 atom stereocenters. The summed E-state index contributed by atoms with van der Waals surface area (Å²) in [6, 6.07) is 16.9. The van der Waals surface area contributed by atoms with Gasteiger partial charge in [-0.05, 0) is 55.5 Å². The zero-order valence-electron chi connectivity index (χ0n) is 17.5. The predicted octanol–water partition coefficient (Wildman–Crippen LogP) is 5.22. The van der Waals surface area contributed by atoms with Crippen molar-refractivity contribution in [2.75, 3.05) is 12.4 Å². The van der Waals surface area contributed by atoms with Crippen molar-refractivity contribution in [1.29, 1.82) is 0 Å². The van der Waals surface area contributed by atoms with Gasteiger partial charge in [0.25, 0.3) is 5.91 Å². The number of nitrogens with one attached hydrogen (secondary N) is 2. The Bertz CT molecular complexity index is 837. The Morgan fingerprint density at radius 1 is 1.07 bits per heavy atom. The fourth-order valence-corrected chi connectivity index (χ4v) is 3.97. The molecule has 1 saturated carbocycles. The van der Waals surface area contributed by atoms with Crippen molar-refractivity contribution in [3.8, 4) is 0 Å². The van der Waals surface area contributed by atoms with Crippen molar-refractivity contribution in [3.63, 3.8) is 0 Å². The molecule has 0 aliphatic heterocycles. The maximum absolute atomic E-state index is 12.7. The van der Waals surface area contributed by atoms with E-state index in [1.165, 1.54) is 12.8 Å². The second-order valence-electron chi connectivity index (χ2n) is 8.15. The molecule has 0 saturated heterocycles. The highest BCUT2D eigenvalue weighted by Crippen LogP contribution is 2.27. The first-order valence-electron chi connectivity index (χ1n) is 10.4. The van der Waals surface area contributed by atoms with Gasteiger partial charge >= 0.3 is 6.03 Å². The monoisotopic (exact) mass is 393 g/mol. The lowest BCUT2D eigenvalue weighted by Crippen LogP contribution is -2.45. The van der Waals surface area contributed by atoms with Gasteiger partial charge in [0.2, 0.25) is 0 Å². The first kappa shape index (κ1) is 20.9. The van der Waals surface area contributed by atoms with Crippen molar-refractivity contribution in [2.24, 2.45) is 5.92 Å². The molecule has 0 bridgehead atoms. The molecule has 1 fully saturated rings. The van der Waals surface area contributed by atoms with Crippen molar-refractivity contribution in [1.82, 2.24) is 10.2 Å². The predicted molar refractivity (Wildman–Crippen MR) is 117 cm³/mol. The minimum absolute atomic E-state index is 0.0460. The lowest BCUT2D eigenvalue weighted by molar-refractivity contribution is 0.102. The van der Waals surface area contributed by atoms with Crippen LogP contribution in [0, 0.1) is 5.92 Å². The molecule has 5 heteroatoms. The molecule has 1 aliphatic rings. The number of carbonyl (C=O) groups is 2. The Labute approximate surface area is 173 Å². The smallest absolute Gasteiger partial charge is 0.317 e. The summed E-state index contributed by atoms with van der Waals surface area (Å²) in [5.41, 5.74) is 2.28. The summed E-state index contributed by atoms with van der Waals surface area (Å²) in [5, 5.41) is 6.02. The van der Waals surface area contributed by atoms with Gasteiger partial charge in [0, 0.05) is 24.3 Å². The quantitative estimate of drug-likeness (QED) is 0.731. The van der Waals surface area contributed by atoms with Crippen LogP contribution in [-0.4, -0.2) is 29.9 Å². The third-order valence-electron chi connectivity index (χ3n) is 5.80. The third-order valence-corrected chi connectivity index (χ3v) is 5.80. The summed E-state index contributed by atoms with van der Waals surface area (Å²) in [4.78, 5) is 27.0. The Hall–Kier alpha value is -2.82. The van der Waals surface area contributed by atoms with Crippen molar-refractivity contribution < 1.29 is 9.59 Å². The zero-order valence-corrected chi connectivity index (χ0v) is 17.5. The van der Waals surface area contributed by atoms with E-state index in [-0.39, 0.29) is 18.0 Å². The Kier molecular flexibility index (Phi) is 6.91. The summed E-state index contributed by atoms with van der Waals surface area (Å²) in [7, 11) is 1.89. The van der Waals surface area contributed by atoms with E-state index in [0.29, 0.717) is 23.2 Å². The molecule has 0 heterocycles. The molecule has 2 N–H and O–H groups in total. The normalized spacial score (nSPS) is 19.8. The molecule has 3 unspecified atom stereocenters. The van der Waals surface area contributed by atoms with E-state index in [9.17, 15) is 9.59 Å². The standard InChI is InChI=1S/C24H31N3O2/c1-17-9-7-14-22(15-17)27(3)24(29)25-18(2)20-12-8-13-21(16-20)26-23(28)19-10-5-4-6-11-19/h4-6,8,10-13,16-18,22H,7,9,14-15H2,1-3H3,(H,25,29)(H,26,28). The fraction of sp³-hybridized carbons (Fsp3) is 0.417. The van der Waals surface area contributed by atoms with Crippen LogP contribution in [0.5, 0.6) is 0 Å². The van der Waals surface area contributed by atoms with E-state index >= 15 is 0 Å². The van der Waals surface area contributed by atoms with Gasteiger partial charge in [-0.25, -0.2) is 4.79 Å². The molecule has 154 valence electrons. The van der Waals surface area contributed by atoms with Gasteiger partial charge in [0.1, 0.15) is 0 Å². The largest absolute Gasteiger partial charge is 0.331 e. The van der Waals surface area contributed by atoms with Crippen molar-refractivity contribution in [3.05, 3.63) is 65.7 Å². The van der Waals surface area contributed by atoms with E-state index in [4.69, 9.17) is 0 Å². The topological polar surface area (TPSA) is 61.4 Å². The average Bonchev–Trinajstić information content (AvgIpc) is 2.74. The van der Waals surface area contributed by atoms with Crippen LogP contribution in [0.15, 0.2) is 54.6 Å². The first-order valence-corrected chi connectivity index (χ1v) is 10.4. The molecule has 3 amide bonds. The highest BCUT2D eigenvalue weighted by atomic mass is 16.2. The number of hydrogen-bond acceptors (Lipinski definition) is 2. The van der Waals surface area contributed by atoms with Crippen LogP contribution in [0.1, 0.15) is 61.5 Å². The maximum Gasteiger partial charge on any atom is 0.317 e. The third kappa shape index (κ3) is 5.59. The first-order chi connectivity index (χ1) is 13.9. The number of carbonyl (C=O) groups excluding carboxylic acids is 2. The minimum Gasteiger partial charge on any atom is -0.331 e. The highest BCUT2D eigenvalue weighted by Gasteiger charge is 2.26. The SMILES string of the molecule is CC1CCCC(N(C)C(=O)NC(C)c2cccc(NC(=O)c3ccccc3)c2)C1. The lowest BCUT2D eigenvalue weighted by atomic mass is 9.86. The van der Waals surface area contributed by atoms with E-state index in [1.807, 2.05) is 61.3 Å². The maximum atomic E-state index is 12.7. The second-order valence-corrected chi connectivity index (χ2v) is 8.15. The summed E-state index contributed by atoms with van der Waals surface area (Å²) >= 11 is 0. The highest BCUT2D eigenvalue weighted by molar-refractivity contribution is 6.04. The number of nitrogens with zero attached hydrogens (tertiary/aromatic N) is 1. The van der Waals surface area contributed by atoms with Gasteiger partial charge < -0.3 is 15.5 Å². The van der Waals surface area contributed by atoms with Crippen LogP contribution >= 0.6 is 0 Å². The van der Waals surface area contributed by atoms with Gasteiger partial charge in [-0.2, -0.15) is 0 Å². The van der Waals surface area contributed by atoms with Crippen LogP contribution in [0.3, 0.4) is 0 Å². The van der Waals surface area contributed by atoms with Crippen molar-refractivity contribution in [2.45, 2.75) is 51.6 Å². The Morgan fingerprint density at radius 3 is 2.55 bits per heavy atom. The summed E-state index contributed by atoms with van der Waals surface area (Å²) in [6.45, 7) is 4.23. The summed E-state index contributed by atoms with van der Waals surface area (Å²) < 4.78 is 0. The Morgan fingerprint density at radius 2 is 1.83 bits per heavy atom. The number of hydrogen-bond donors (Lipinski definition) is 2. The number of rotatable bonds is 5. The zero-order chi connectivity index (χ0) is 20.8. The van der Waals surface area contributed by atoms with Gasteiger partial charge in [-0.15, -0.1) is 0 Å². The fourth-order valence-electron chi connectivity index (χ4n) is 3.97. The van der Waals surface area contributed by atoms with E-state index in [2.05, 4.69) is 17.6 Å². The lowest BCUT2D eigenvalue weighted by Gasteiger charge is -2.34. The van der Waals surface area contributed by atoms with Crippen LogP contribution in [0.2, 0.25) is 0 Å². The van der Waals surface area contributed by atoms with Gasteiger partial charge in [-0.3, -0.25) is 4.79 Å². The van der Waals surface area contributed by atoms with Gasteiger partial charge in [-0.1, -0.05) is 50.1 Å². The molecule has 2 aromatic carbocycles. The molecule has 3 rings (SSSR count). The summed E-state index contributed by atoms with van der Waals surface area (Å²) in [5.74, 6) is 0.525. The number of amides is 3. The number of benzene rings is 2. The van der Waals surface area contributed by atoms with Crippen LogP contribution in [0.4, 0.5) is 10.5 Å². The van der Waals surface area contributed by atoms with Crippen LogP contribution < -0.4 is 10.6 Å². The molecule has 0 radical (unpaired) electrons.